The first kappa shape index (κ1) is 26.3. The molecule has 3 heterocycles. The van der Waals surface area contributed by atoms with E-state index < -0.39 is 5.54 Å². The summed E-state index contributed by atoms with van der Waals surface area (Å²) in [6.45, 7) is 4.38. The lowest BCUT2D eigenvalue weighted by molar-refractivity contribution is -0.137. The summed E-state index contributed by atoms with van der Waals surface area (Å²) in [4.78, 5) is 29.3. The number of carbonyl (C=O) groups is 2. The summed E-state index contributed by atoms with van der Waals surface area (Å²) in [5.41, 5.74) is 2.60. The third kappa shape index (κ3) is 4.68. The number of nitrogens with zero attached hydrogens (tertiary/aromatic N) is 1. The van der Waals surface area contributed by atoms with Gasteiger partial charge in [-0.1, -0.05) is 49.7 Å². The molecule has 5 rings (SSSR count). The summed E-state index contributed by atoms with van der Waals surface area (Å²) < 4.78 is 16.6. The number of esters is 1. The molecule has 2 aromatic carbocycles. The molecule has 1 N–H and O–H groups in total. The summed E-state index contributed by atoms with van der Waals surface area (Å²) in [6.07, 6.45) is 5.67. The van der Waals surface area contributed by atoms with Crippen LogP contribution in [-0.2, 0) is 20.7 Å². The molecule has 0 aliphatic carbocycles. The molecule has 0 saturated carbocycles. The highest BCUT2D eigenvalue weighted by Gasteiger charge is 2.59. The molecule has 3 aliphatic rings. The van der Waals surface area contributed by atoms with Crippen molar-refractivity contribution in [3.8, 4) is 5.75 Å². The molecule has 7 heteroatoms. The lowest BCUT2D eigenvalue weighted by Gasteiger charge is -2.45. The minimum atomic E-state index is -0.725. The molecule has 2 aromatic rings. The molecule has 3 aliphatic heterocycles. The van der Waals surface area contributed by atoms with Crippen LogP contribution < -0.4 is 10.1 Å². The smallest absolute Gasteiger partial charge is 0.337 e. The molecule has 0 unspecified atom stereocenters. The van der Waals surface area contributed by atoms with Gasteiger partial charge in [-0.15, -0.1) is 0 Å². The monoisotopic (exact) mass is 518 g/mol. The van der Waals surface area contributed by atoms with Crippen molar-refractivity contribution in [2.45, 2.75) is 50.6 Å². The number of ether oxygens (including phenoxy) is 3. The number of fused-ring (bicyclic) bond motifs is 3. The summed E-state index contributed by atoms with van der Waals surface area (Å²) in [5.74, 6) is 0.621. The minimum Gasteiger partial charge on any atom is -0.504 e. The van der Waals surface area contributed by atoms with E-state index in [1.54, 1.807) is 7.11 Å². The van der Waals surface area contributed by atoms with E-state index in [1.165, 1.54) is 18.9 Å². The maximum atomic E-state index is 14.2. The van der Waals surface area contributed by atoms with Gasteiger partial charge in [0, 0.05) is 24.8 Å². The molecule has 38 heavy (non-hydrogen) atoms. The van der Waals surface area contributed by atoms with Crippen LogP contribution in [0.2, 0.25) is 0 Å². The van der Waals surface area contributed by atoms with Gasteiger partial charge in [0.05, 0.1) is 38.2 Å². The van der Waals surface area contributed by atoms with Crippen molar-refractivity contribution in [2.24, 2.45) is 11.8 Å². The molecule has 2 fully saturated rings. The van der Waals surface area contributed by atoms with E-state index in [0.29, 0.717) is 29.9 Å². The Morgan fingerprint density at radius 2 is 1.97 bits per heavy atom. The third-order valence-electron chi connectivity index (χ3n) is 8.63. The van der Waals surface area contributed by atoms with E-state index in [2.05, 4.69) is 29.3 Å². The van der Waals surface area contributed by atoms with Crippen LogP contribution in [0.15, 0.2) is 60.4 Å². The maximum Gasteiger partial charge on any atom is 0.337 e. The Balaban J connectivity index is 1.35. The molecule has 2 saturated heterocycles. The van der Waals surface area contributed by atoms with Gasteiger partial charge < -0.3 is 19.5 Å². The Kier molecular flexibility index (Phi) is 7.75. The van der Waals surface area contributed by atoms with Gasteiger partial charge in [-0.25, -0.2) is 4.79 Å². The maximum absolute atomic E-state index is 14.2. The first-order valence-corrected chi connectivity index (χ1v) is 13.7. The highest BCUT2D eigenvalue weighted by Crippen LogP contribution is 2.50. The molecular weight excluding hydrogens is 480 g/mol. The Bertz CT molecular complexity index is 1200. The lowest BCUT2D eigenvalue weighted by atomic mass is 9.72. The van der Waals surface area contributed by atoms with Crippen molar-refractivity contribution in [1.82, 2.24) is 4.90 Å². The number of hydrogen-bond donors (Lipinski definition) is 1. The van der Waals surface area contributed by atoms with Crippen molar-refractivity contribution in [1.29, 1.82) is 0 Å². The minimum absolute atomic E-state index is 0.0361. The average Bonchev–Trinajstić information content (AvgIpc) is 3.46. The van der Waals surface area contributed by atoms with E-state index in [1.807, 2.05) is 36.4 Å². The number of rotatable bonds is 9. The van der Waals surface area contributed by atoms with Crippen molar-refractivity contribution in [3.05, 3.63) is 71.5 Å². The molecule has 4 atom stereocenters. The van der Waals surface area contributed by atoms with Crippen LogP contribution in [0.4, 0.5) is 5.69 Å². The molecule has 0 aromatic heterocycles. The Labute approximate surface area is 225 Å². The van der Waals surface area contributed by atoms with Crippen molar-refractivity contribution >= 4 is 17.4 Å². The highest BCUT2D eigenvalue weighted by molar-refractivity contribution is 6.16. The van der Waals surface area contributed by atoms with Crippen LogP contribution in [0.25, 0.3) is 0 Å². The topological polar surface area (TPSA) is 77.1 Å². The number of benzene rings is 2. The number of methoxy groups -OCH3 is 2. The number of piperidine rings is 1. The van der Waals surface area contributed by atoms with Gasteiger partial charge in [0.25, 0.3) is 0 Å². The first-order chi connectivity index (χ1) is 18.5. The zero-order chi connectivity index (χ0) is 26.7. The second-order valence-electron chi connectivity index (χ2n) is 10.6. The van der Waals surface area contributed by atoms with Crippen molar-refractivity contribution in [3.63, 3.8) is 0 Å². The molecule has 7 nitrogen and oxygen atoms in total. The first-order valence-electron chi connectivity index (χ1n) is 13.7. The van der Waals surface area contributed by atoms with E-state index >= 15 is 0 Å². The van der Waals surface area contributed by atoms with Gasteiger partial charge in [0.1, 0.15) is 11.3 Å². The van der Waals surface area contributed by atoms with Crippen molar-refractivity contribution in [2.75, 3.05) is 39.2 Å². The number of hydrogen-bond acceptors (Lipinski definition) is 7. The zero-order valence-corrected chi connectivity index (χ0v) is 22.6. The van der Waals surface area contributed by atoms with E-state index in [4.69, 9.17) is 14.2 Å². The quantitative estimate of drug-likeness (QED) is 0.220. The van der Waals surface area contributed by atoms with Gasteiger partial charge in [0.15, 0.2) is 5.78 Å². The summed E-state index contributed by atoms with van der Waals surface area (Å²) in [5, 5.41) is 3.64. The standard InChI is InChI=1S/C31H38N2O5/c1-4-22-19-33-16-15-31(27(33)18-23(22)24(20-36-2)30(35)37-3)29(34)28-25(32-31)13-8-14-26(28)38-17-9-12-21-10-6-5-7-11-21/h5-8,10-11,13-14,20,22-23,27,32H,4,9,12,15-19H2,1-3H3/b24-20+/t22-,23+,27+,31+/m1/s1. The molecular formula is C31H38N2O5. The van der Waals surface area contributed by atoms with Gasteiger partial charge in [0.2, 0.25) is 0 Å². The predicted molar refractivity (Wildman–Crippen MR) is 146 cm³/mol. The second kappa shape index (κ2) is 11.2. The fraction of sp³-hybridized carbons (Fsp3) is 0.484. The lowest BCUT2D eigenvalue weighted by Crippen LogP contribution is -2.57. The van der Waals surface area contributed by atoms with Gasteiger partial charge >= 0.3 is 5.97 Å². The average molecular weight is 519 g/mol. The number of Topliss-reactive ketones (excluding diaryl/α,β-unsaturated/α-hetero) is 1. The van der Waals surface area contributed by atoms with Crippen LogP contribution in [-0.4, -0.2) is 62.1 Å². The molecule has 0 amide bonds. The number of anilines is 1. The van der Waals surface area contributed by atoms with Crippen LogP contribution in [0, 0.1) is 11.8 Å². The largest absolute Gasteiger partial charge is 0.504 e. The summed E-state index contributed by atoms with van der Waals surface area (Å²) in [7, 11) is 2.95. The van der Waals surface area contributed by atoms with Crippen LogP contribution in [0.1, 0.15) is 48.5 Å². The van der Waals surface area contributed by atoms with Crippen LogP contribution >= 0.6 is 0 Å². The predicted octanol–water partition coefficient (Wildman–Crippen LogP) is 4.87. The van der Waals surface area contributed by atoms with E-state index in [9.17, 15) is 9.59 Å². The number of ketones is 1. The Hall–Kier alpha value is -3.32. The molecule has 1 spiro atoms. The second-order valence-corrected chi connectivity index (χ2v) is 10.6. The SMILES string of the molecule is CC[C@@H]1CN2CC[C@]3(Nc4cccc(OCCCc5ccccc5)c4C3=O)[C@@H]2C[C@@H]1/C(=C\OC)C(=O)OC. The van der Waals surface area contributed by atoms with E-state index in [-0.39, 0.29) is 29.6 Å². The normalized spacial score (nSPS) is 26.6. The summed E-state index contributed by atoms with van der Waals surface area (Å²) in [6, 6.07) is 16.2. The fourth-order valence-corrected chi connectivity index (χ4v) is 6.73. The molecule has 0 radical (unpaired) electrons. The van der Waals surface area contributed by atoms with E-state index in [0.717, 1.165) is 44.5 Å². The van der Waals surface area contributed by atoms with Gasteiger partial charge in [-0.05, 0) is 55.2 Å². The molecule has 0 bridgehead atoms. The number of aryl methyl sites for hydroxylation is 1. The van der Waals surface area contributed by atoms with Crippen LogP contribution in [0.5, 0.6) is 5.75 Å². The third-order valence-corrected chi connectivity index (χ3v) is 8.63. The van der Waals surface area contributed by atoms with Gasteiger partial charge in [-0.2, -0.15) is 0 Å². The Morgan fingerprint density at radius 1 is 1.16 bits per heavy atom. The zero-order valence-electron chi connectivity index (χ0n) is 22.6. The van der Waals surface area contributed by atoms with Gasteiger partial charge in [-0.3, -0.25) is 9.69 Å². The van der Waals surface area contributed by atoms with Crippen molar-refractivity contribution < 1.29 is 23.8 Å². The Morgan fingerprint density at radius 3 is 2.71 bits per heavy atom. The molecule has 202 valence electrons. The number of nitrogens with one attached hydrogen (secondary N) is 1. The van der Waals surface area contributed by atoms with Crippen LogP contribution in [0.3, 0.4) is 0 Å². The highest BCUT2D eigenvalue weighted by atomic mass is 16.5. The number of carbonyl (C=O) groups excluding carboxylic acids is 2. The fourth-order valence-electron chi connectivity index (χ4n) is 6.73. The summed E-state index contributed by atoms with van der Waals surface area (Å²) >= 11 is 0.